The van der Waals surface area contributed by atoms with Crippen LogP contribution in [0.1, 0.15) is 38.2 Å². The molecule has 0 N–H and O–H groups in total. The van der Waals surface area contributed by atoms with E-state index in [9.17, 15) is 0 Å². The van der Waals surface area contributed by atoms with Gasteiger partial charge in [0.15, 0.2) is 0 Å². The van der Waals surface area contributed by atoms with Gasteiger partial charge in [-0.25, -0.2) is 0 Å². The summed E-state index contributed by atoms with van der Waals surface area (Å²) in [5.41, 5.74) is 0.887. The van der Waals surface area contributed by atoms with E-state index in [4.69, 9.17) is 15.9 Å². The molecule has 0 bridgehead atoms. The summed E-state index contributed by atoms with van der Waals surface area (Å²) < 4.78 is 10.9. The smallest absolute Gasteiger partial charge is 0.119 e. The van der Waals surface area contributed by atoms with Crippen LogP contribution >= 0.6 is 0 Å². The van der Waals surface area contributed by atoms with E-state index in [-0.39, 0.29) is 0 Å². The maximum atomic E-state index is 5.68. The molecular weight excluding hydrogens is 236 g/mol. The van der Waals surface area contributed by atoms with Gasteiger partial charge in [-0.2, -0.15) is 0 Å². The number of hydrogen-bond acceptors (Lipinski definition) is 2. The van der Waals surface area contributed by atoms with Gasteiger partial charge in [0, 0.05) is 19.3 Å². The summed E-state index contributed by atoms with van der Waals surface area (Å²) in [6.45, 7) is 3.84. The first kappa shape index (κ1) is 15.6. The van der Waals surface area contributed by atoms with E-state index in [1.165, 1.54) is 19.3 Å². The van der Waals surface area contributed by atoms with E-state index < -0.39 is 0 Å². The number of ether oxygens (including phenoxy) is 2. The second kappa shape index (κ2) is 9.47. The number of terminal acetylenes is 1. The zero-order valence-corrected chi connectivity index (χ0v) is 12.0. The van der Waals surface area contributed by atoms with E-state index in [0.717, 1.165) is 30.9 Å². The van der Waals surface area contributed by atoms with E-state index in [2.05, 4.69) is 12.8 Å². The molecule has 104 valence electrons. The molecule has 2 nitrogen and oxygen atoms in total. The van der Waals surface area contributed by atoms with Crippen LogP contribution < -0.4 is 4.74 Å². The Labute approximate surface area is 117 Å². The van der Waals surface area contributed by atoms with E-state index in [1.807, 2.05) is 24.3 Å². The van der Waals surface area contributed by atoms with Crippen LogP contribution in [-0.2, 0) is 4.74 Å². The van der Waals surface area contributed by atoms with Gasteiger partial charge in [-0.1, -0.05) is 19.3 Å². The molecule has 0 radical (unpaired) electrons. The lowest BCUT2D eigenvalue weighted by Crippen LogP contribution is -2.07. The predicted molar refractivity (Wildman–Crippen MR) is 79.4 cm³/mol. The lowest BCUT2D eigenvalue weighted by molar-refractivity contribution is 0.143. The first-order chi connectivity index (χ1) is 9.30. The first-order valence-corrected chi connectivity index (χ1v) is 6.98. The van der Waals surface area contributed by atoms with Crippen LogP contribution in [0.3, 0.4) is 0 Å². The van der Waals surface area contributed by atoms with Gasteiger partial charge in [-0.3, -0.25) is 0 Å². The average Bonchev–Trinajstić information content (AvgIpc) is 2.46. The van der Waals surface area contributed by atoms with Crippen molar-refractivity contribution in [3.05, 3.63) is 29.8 Å². The molecule has 0 fully saturated rings. The third-order valence-corrected chi connectivity index (χ3v) is 3.28. The normalized spacial score (nSPS) is 11.8. The lowest BCUT2D eigenvalue weighted by Gasteiger charge is -2.13. The molecule has 19 heavy (non-hydrogen) atoms. The molecule has 0 aliphatic rings. The molecule has 0 spiro atoms. The van der Waals surface area contributed by atoms with E-state index in [0.29, 0.717) is 5.92 Å². The highest BCUT2D eigenvalue weighted by Crippen LogP contribution is 2.15. The van der Waals surface area contributed by atoms with Gasteiger partial charge in [0.05, 0.1) is 6.61 Å². The largest absolute Gasteiger partial charge is 0.494 e. The number of methoxy groups -OCH3 is 1. The molecule has 1 aromatic carbocycles. The van der Waals surface area contributed by atoms with Gasteiger partial charge in [-0.05, 0) is 49.4 Å². The molecule has 1 rings (SSSR count). The van der Waals surface area contributed by atoms with Crippen molar-refractivity contribution < 1.29 is 9.47 Å². The van der Waals surface area contributed by atoms with Crippen LogP contribution in [0.5, 0.6) is 5.75 Å². The minimum absolute atomic E-state index is 0.680. The van der Waals surface area contributed by atoms with Crippen LogP contribution in [0.25, 0.3) is 0 Å². The third kappa shape index (κ3) is 6.31. The van der Waals surface area contributed by atoms with Crippen LogP contribution in [0.2, 0.25) is 0 Å². The fraction of sp³-hybridized carbons (Fsp3) is 0.529. The molecule has 0 aromatic heterocycles. The summed E-state index contributed by atoms with van der Waals surface area (Å²) in [7, 11) is 1.77. The topological polar surface area (TPSA) is 18.5 Å². The van der Waals surface area contributed by atoms with Crippen molar-refractivity contribution in [1.82, 2.24) is 0 Å². The van der Waals surface area contributed by atoms with Crippen LogP contribution in [0, 0.1) is 18.3 Å². The second-order valence-corrected chi connectivity index (χ2v) is 4.74. The van der Waals surface area contributed by atoms with Crippen molar-refractivity contribution >= 4 is 0 Å². The number of unbranched alkanes of at least 4 members (excludes halogenated alkanes) is 1. The Bertz CT molecular complexity index is 375. The minimum Gasteiger partial charge on any atom is -0.494 e. The summed E-state index contributed by atoms with van der Waals surface area (Å²) in [6, 6.07) is 7.66. The zero-order valence-electron chi connectivity index (χ0n) is 12.0. The van der Waals surface area contributed by atoms with Crippen molar-refractivity contribution in [2.24, 2.45) is 5.92 Å². The number of hydrogen-bond donors (Lipinski definition) is 0. The fourth-order valence-corrected chi connectivity index (χ4v) is 2.01. The quantitative estimate of drug-likeness (QED) is 0.495. The monoisotopic (exact) mass is 260 g/mol. The first-order valence-electron chi connectivity index (χ1n) is 6.98. The van der Waals surface area contributed by atoms with Gasteiger partial charge < -0.3 is 9.47 Å². The number of rotatable bonds is 9. The summed E-state index contributed by atoms with van der Waals surface area (Å²) >= 11 is 0. The Kier molecular flexibility index (Phi) is 7.77. The van der Waals surface area contributed by atoms with E-state index in [1.54, 1.807) is 7.11 Å². The molecule has 0 aliphatic carbocycles. The fourth-order valence-electron chi connectivity index (χ4n) is 2.01. The molecule has 0 saturated carbocycles. The van der Waals surface area contributed by atoms with Crippen LogP contribution in [0.4, 0.5) is 0 Å². The molecule has 1 unspecified atom stereocenters. The van der Waals surface area contributed by atoms with Gasteiger partial charge >= 0.3 is 0 Å². The lowest BCUT2D eigenvalue weighted by atomic mass is 10.0. The Morgan fingerprint density at radius 2 is 1.95 bits per heavy atom. The van der Waals surface area contributed by atoms with Crippen molar-refractivity contribution in [1.29, 1.82) is 0 Å². The van der Waals surface area contributed by atoms with Crippen LogP contribution in [0.15, 0.2) is 24.3 Å². The molecule has 0 amide bonds. The molecule has 1 atom stereocenters. The Balaban J connectivity index is 2.14. The molecule has 0 saturated heterocycles. The number of benzene rings is 1. The SMILES string of the molecule is C#Cc1ccc(OCCCCC(CC)COC)cc1. The standard InChI is InChI=1S/C17H24O2/c1-4-15-9-11-17(12-10-15)19-13-7-6-8-16(5-2)14-18-3/h1,9-12,16H,5-8,13-14H2,2-3H3. The predicted octanol–water partition coefficient (Wildman–Crippen LogP) is 3.89. The summed E-state index contributed by atoms with van der Waals surface area (Å²) in [5.74, 6) is 4.17. The van der Waals surface area contributed by atoms with Gasteiger partial charge in [0.25, 0.3) is 0 Å². The summed E-state index contributed by atoms with van der Waals surface area (Å²) in [5, 5.41) is 0. The van der Waals surface area contributed by atoms with Crippen molar-refractivity contribution in [2.45, 2.75) is 32.6 Å². The van der Waals surface area contributed by atoms with Gasteiger partial charge in [0.1, 0.15) is 5.75 Å². The molecule has 0 aliphatic heterocycles. The maximum absolute atomic E-state index is 5.68. The third-order valence-electron chi connectivity index (χ3n) is 3.28. The molecule has 0 heterocycles. The average molecular weight is 260 g/mol. The molecule has 2 heteroatoms. The zero-order chi connectivity index (χ0) is 13.9. The Morgan fingerprint density at radius 1 is 1.21 bits per heavy atom. The molecule has 1 aromatic rings. The highest BCUT2D eigenvalue weighted by molar-refractivity contribution is 5.36. The van der Waals surface area contributed by atoms with Gasteiger partial charge in [0.2, 0.25) is 0 Å². The van der Waals surface area contributed by atoms with Crippen molar-refractivity contribution in [3.8, 4) is 18.1 Å². The second-order valence-electron chi connectivity index (χ2n) is 4.74. The summed E-state index contributed by atoms with van der Waals surface area (Å²) in [4.78, 5) is 0. The van der Waals surface area contributed by atoms with Crippen molar-refractivity contribution in [2.75, 3.05) is 20.3 Å². The minimum atomic E-state index is 0.680. The summed E-state index contributed by atoms with van der Waals surface area (Å²) in [6.07, 6.45) is 9.96. The highest BCUT2D eigenvalue weighted by atomic mass is 16.5. The van der Waals surface area contributed by atoms with Crippen molar-refractivity contribution in [3.63, 3.8) is 0 Å². The highest BCUT2D eigenvalue weighted by Gasteiger charge is 2.05. The molecular formula is C17H24O2. The maximum Gasteiger partial charge on any atom is 0.119 e. The van der Waals surface area contributed by atoms with Gasteiger partial charge in [-0.15, -0.1) is 6.42 Å². The van der Waals surface area contributed by atoms with Crippen LogP contribution in [-0.4, -0.2) is 20.3 Å². The Hall–Kier alpha value is -1.46. The Morgan fingerprint density at radius 3 is 2.53 bits per heavy atom. The van der Waals surface area contributed by atoms with E-state index >= 15 is 0 Å².